The molecule has 0 bridgehead atoms. The van der Waals surface area contributed by atoms with Gasteiger partial charge in [-0.3, -0.25) is 0 Å². The fraction of sp³-hybridized carbons (Fsp3) is 0.667. The van der Waals surface area contributed by atoms with Crippen molar-refractivity contribution in [3.63, 3.8) is 0 Å². The molecule has 2 rings (SSSR count). The van der Waals surface area contributed by atoms with E-state index >= 15 is 0 Å². The molecule has 0 aromatic carbocycles. The van der Waals surface area contributed by atoms with Crippen LogP contribution in [0.3, 0.4) is 0 Å². The van der Waals surface area contributed by atoms with E-state index in [1.54, 1.807) is 5.38 Å². The average Bonchev–Trinajstić information content (AvgIpc) is 3.01. The van der Waals surface area contributed by atoms with Gasteiger partial charge in [0.15, 0.2) is 0 Å². The van der Waals surface area contributed by atoms with Gasteiger partial charge in [-0.05, 0) is 24.8 Å². The highest BCUT2D eigenvalue weighted by Gasteiger charge is 2.27. The summed E-state index contributed by atoms with van der Waals surface area (Å²) in [6, 6.07) is 1.57. The predicted molar refractivity (Wildman–Crippen MR) is 72.0 cm³/mol. The molecule has 18 heavy (non-hydrogen) atoms. The maximum absolute atomic E-state index is 12.1. The Morgan fingerprint density at radius 3 is 2.78 bits per heavy atom. The monoisotopic (exact) mass is 289 g/mol. The second-order valence-electron chi connectivity index (χ2n) is 4.81. The van der Waals surface area contributed by atoms with E-state index < -0.39 is 10.0 Å². The second kappa shape index (κ2) is 5.69. The van der Waals surface area contributed by atoms with Crippen LogP contribution in [0.5, 0.6) is 0 Å². The zero-order valence-electron chi connectivity index (χ0n) is 10.4. The Morgan fingerprint density at radius 1 is 1.56 bits per heavy atom. The van der Waals surface area contributed by atoms with Gasteiger partial charge in [-0.25, -0.2) is 13.1 Å². The van der Waals surface area contributed by atoms with Crippen molar-refractivity contribution < 1.29 is 13.5 Å². The largest absolute Gasteiger partial charge is 0.391 e. The van der Waals surface area contributed by atoms with E-state index in [1.165, 1.54) is 30.2 Å². The van der Waals surface area contributed by atoms with Crippen LogP contribution in [0, 0.1) is 5.92 Å². The van der Waals surface area contributed by atoms with E-state index in [1.807, 2.05) is 6.92 Å². The zero-order chi connectivity index (χ0) is 13.2. The molecular formula is C12H19NO3S2. The number of hydrogen-bond donors (Lipinski definition) is 2. The number of aliphatic hydroxyl groups excluding tert-OH is 1. The van der Waals surface area contributed by atoms with Gasteiger partial charge in [0.05, 0.1) is 11.5 Å². The summed E-state index contributed by atoms with van der Waals surface area (Å²) >= 11 is 1.27. The van der Waals surface area contributed by atoms with E-state index in [-0.39, 0.29) is 17.5 Å². The van der Waals surface area contributed by atoms with E-state index in [4.69, 9.17) is 5.11 Å². The second-order valence-corrected chi connectivity index (χ2v) is 7.52. The van der Waals surface area contributed by atoms with Crippen LogP contribution >= 0.6 is 11.3 Å². The van der Waals surface area contributed by atoms with Crippen molar-refractivity contribution >= 4 is 21.4 Å². The van der Waals surface area contributed by atoms with Crippen LogP contribution in [0.25, 0.3) is 0 Å². The highest BCUT2D eigenvalue weighted by Crippen LogP contribution is 2.34. The molecule has 1 atom stereocenters. The zero-order valence-corrected chi connectivity index (χ0v) is 12.1. The van der Waals surface area contributed by atoms with Crippen molar-refractivity contribution in [3.05, 3.63) is 16.3 Å². The van der Waals surface area contributed by atoms with Gasteiger partial charge in [-0.15, -0.1) is 11.3 Å². The molecule has 1 fully saturated rings. The Balaban J connectivity index is 2.04. The van der Waals surface area contributed by atoms with E-state index in [2.05, 4.69) is 4.72 Å². The van der Waals surface area contributed by atoms with E-state index in [0.29, 0.717) is 10.8 Å². The lowest BCUT2D eigenvalue weighted by Crippen LogP contribution is -2.34. The third-order valence-corrected chi connectivity index (χ3v) is 5.80. The molecule has 2 N–H and O–H groups in total. The summed E-state index contributed by atoms with van der Waals surface area (Å²) in [7, 11) is -3.43. The fourth-order valence-corrected chi connectivity index (χ4v) is 4.39. The summed E-state index contributed by atoms with van der Waals surface area (Å²) in [4.78, 5) is 0.941. The highest BCUT2D eigenvalue weighted by atomic mass is 32.2. The third-order valence-electron chi connectivity index (χ3n) is 3.23. The van der Waals surface area contributed by atoms with Gasteiger partial charge in [-0.1, -0.05) is 19.8 Å². The summed E-state index contributed by atoms with van der Waals surface area (Å²) in [5.74, 6) is 0.702. The van der Waals surface area contributed by atoms with Crippen molar-refractivity contribution in [3.8, 4) is 0 Å². The number of hydrogen-bond acceptors (Lipinski definition) is 4. The van der Waals surface area contributed by atoms with Crippen molar-refractivity contribution in [1.82, 2.24) is 4.72 Å². The summed E-state index contributed by atoms with van der Waals surface area (Å²) in [6.45, 7) is 1.89. The summed E-state index contributed by atoms with van der Waals surface area (Å²) in [5, 5.41) is 10.5. The average molecular weight is 289 g/mol. The first kappa shape index (κ1) is 14.0. The maximum Gasteiger partial charge on any atom is 0.241 e. The van der Waals surface area contributed by atoms with Crippen molar-refractivity contribution in [2.45, 2.75) is 50.2 Å². The third kappa shape index (κ3) is 3.54. The first-order chi connectivity index (χ1) is 8.55. The molecule has 1 aromatic heterocycles. The number of rotatable bonds is 7. The van der Waals surface area contributed by atoms with Crippen LogP contribution in [0.4, 0.5) is 0 Å². The molecule has 1 heterocycles. The first-order valence-corrected chi connectivity index (χ1v) is 8.62. The molecule has 1 aliphatic rings. The van der Waals surface area contributed by atoms with Gasteiger partial charge >= 0.3 is 0 Å². The molecule has 0 aliphatic heterocycles. The lowest BCUT2D eigenvalue weighted by molar-refractivity contribution is 0.285. The van der Waals surface area contributed by atoms with Gasteiger partial charge in [0.2, 0.25) is 10.0 Å². The van der Waals surface area contributed by atoms with Gasteiger partial charge < -0.3 is 5.11 Å². The van der Waals surface area contributed by atoms with Crippen molar-refractivity contribution in [1.29, 1.82) is 0 Å². The fourth-order valence-electron chi connectivity index (χ4n) is 1.93. The Bertz CT molecular complexity index is 491. The minimum atomic E-state index is -3.43. The van der Waals surface area contributed by atoms with Gasteiger partial charge in [0, 0.05) is 16.3 Å². The lowest BCUT2D eigenvalue weighted by Gasteiger charge is -2.16. The summed E-state index contributed by atoms with van der Waals surface area (Å²) in [5.41, 5.74) is 0. The molecule has 0 amide bonds. The lowest BCUT2D eigenvalue weighted by atomic mass is 10.1. The van der Waals surface area contributed by atoms with E-state index in [9.17, 15) is 8.42 Å². The SMILES string of the molecule is CCC(CC1CC1)NS(=O)(=O)c1csc(CO)c1. The van der Waals surface area contributed by atoms with Crippen LogP contribution in [-0.2, 0) is 16.6 Å². The Hall–Kier alpha value is -0.430. The molecule has 1 unspecified atom stereocenters. The molecule has 0 saturated heterocycles. The van der Waals surface area contributed by atoms with Crippen LogP contribution in [-0.4, -0.2) is 19.6 Å². The van der Waals surface area contributed by atoms with Crippen molar-refractivity contribution in [2.75, 3.05) is 0 Å². The highest BCUT2D eigenvalue weighted by molar-refractivity contribution is 7.89. The van der Waals surface area contributed by atoms with Crippen LogP contribution in [0.1, 0.15) is 37.5 Å². The minimum Gasteiger partial charge on any atom is -0.391 e. The molecular weight excluding hydrogens is 270 g/mol. The smallest absolute Gasteiger partial charge is 0.241 e. The van der Waals surface area contributed by atoms with E-state index in [0.717, 1.165) is 12.8 Å². The number of sulfonamides is 1. The Morgan fingerprint density at radius 2 is 2.28 bits per heavy atom. The first-order valence-electron chi connectivity index (χ1n) is 6.25. The number of aliphatic hydroxyl groups is 1. The maximum atomic E-state index is 12.1. The Labute approximate surface area is 112 Å². The van der Waals surface area contributed by atoms with Crippen LogP contribution in [0.15, 0.2) is 16.3 Å². The minimum absolute atomic E-state index is 0.0278. The summed E-state index contributed by atoms with van der Waals surface area (Å²) in [6.07, 6.45) is 4.20. The Kier molecular flexibility index (Phi) is 4.42. The van der Waals surface area contributed by atoms with Gasteiger partial charge in [-0.2, -0.15) is 0 Å². The van der Waals surface area contributed by atoms with Crippen molar-refractivity contribution in [2.24, 2.45) is 5.92 Å². The molecule has 0 spiro atoms. The quantitative estimate of drug-likeness (QED) is 0.808. The molecule has 1 aromatic rings. The molecule has 102 valence electrons. The van der Waals surface area contributed by atoms with Crippen LogP contribution in [0.2, 0.25) is 0 Å². The van der Waals surface area contributed by atoms with Gasteiger partial charge in [0.25, 0.3) is 0 Å². The normalized spacial score (nSPS) is 17.9. The molecule has 4 nitrogen and oxygen atoms in total. The number of nitrogens with one attached hydrogen (secondary N) is 1. The standard InChI is InChI=1S/C12H19NO3S2/c1-2-10(5-9-3-4-9)13-18(15,16)12-6-11(7-14)17-8-12/h6,8-10,13-14H,2-5,7H2,1H3. The molecule has 6 heteroatoms. The number of thiophene rings is 1. The van der Waals surface area contributed by atoms with Crippen LogP contribution < -0.4 is 4.72 Å². The molecule has 1 aliphatic carbocycles. The van der Waals surface area contributed by atoms with Gasteiger partial charge in [0.1, 0.15) is 0 Å². The predicted octanol–water partition coefficient (Wildman–Crippen LogP) is 2.10. The summed E-state index contributed by atoms with van der Waals surface area (Å²) < 4.78 is 27.1. The topological polar surface area (TPSA) is 66.4 Å². The molecule has 0 radical (unpaired) electrons. The molecule has 1 saturated carbocycles.